The molecule has 0 radical (unpaired) electrons. The van der Waals surface area contributed by atoms with Crippen LogP contribution < -0.4 is 15.8 Å². The van der Waals surface area contributed by atoms with Crippen molar-refractivity contribution in [3.05, 3.63) is 93.4 Å². The second kappa shape index (κ2) is 10.1. The summed E-state index contributed by atoms with van der Waals surface area (Å²) in [6.45, 7) is 0. The summed E-state index contributed by atoms with van der Waals surface area (Å²) in [5, 5.41) is 14.2. The quantitative estimate of drug-likeness (QED) is 0.148. The summed E-state index contributed by atoms with van der Waals surface area (Å²) in [7, 11) is 1.59. The lowest BCUT2D eigenvalue weighted by atomic mass is 10.1. The first-order valence-corrected chi connectivity index (χ1v) is 10.9. The molecule has 0 saturated heterocycles. The van der Waals surface area contributed by atoms with E-state index in [1.165, 1.54) is 12.1 Å². The summed E-state index contributed by atoms with van der Waals surface area (Å²) in [5.41, 5.74) is 9.21. The smallest absolute Gasteiger partial charge is 0.270 e. The molecule has 0 aliphatic carbocycles. The van der Waals surface area contributed by atoms with E-state index in [1.54, 1.807) is 25.3 Å². The van der Waals surface area contributed by atoms with E-state index in [-0.39, 0.29) is 17.6 Å². The SMILES string of the molecule is COc1ccc(-c2cc(-c3cccc([N+](=O)[O-])c3)nc(N=C(N)Nc3ccc(Br)cc3)n2)cc1. The minimum Gasteiger partial charge on any atom is -0.497 e. The van der Waals surface area contributed by atoms with Gasteiger partial charge in [0.2, 0.25) is 5.96 Å². The molecule has 0 unspecified atom stereocenters. The zero-order valence-corrected chi connectivity index (χ0v) is 19.6. The molecule has 1 heterocycles. The minimum atomic E-state index is -0.450. The number of halogens is 1. The molecule has 9 nitrogen and oxygen atoms in total. The van der Waals surface area contributed by atoms with E-state index >= 15 is 0 Å². The van der Waals surface area contributed by atoms with Gasteiger partial charge in [0.25, 0.3) is 11.6 Å². The van der Waals surface area contributed by atoms with E-state index in [0.29, 0.717) is 22.7 Å². The summed E-state index contributed by atoms with van der Waals surface area (Å²) in [6, 6.07) is 22.7. The molecule has 4 aromatic rings. The average molecular weight is 519 g/mol. The number of non-ortho nitro benzene ring substituents is 1. The van der Waals surface area contributed by atoms with Crippen LogP contribution in [0, 0.1) is 10.1 Å². The summed E-state index contributed by atoms with van der Waals surface area (Å²) in [6.07, 6.45) is 0. The van der Waals surface area contributed by atoms with Crippen molar-refractivity contribution in [1.82, 2.24) is 9.97 Å². The van der Waals surface area contributed by atoms with E-state index in [9.17, 15) is 10.1 Å². The van der Waals surface area contributed by atoms with E-state index in [1.807, 2.05) is 48.5 Å². The predicted octanol–water partition coefficient (Wildman–Crippen LogP) is 5.55. The molecule has 0 bridgehead atoms. The molecule has 3 aromatic carbocycles. The number of benzene rings is 3. The molecular formula is C24H19BrN6O3. The lowest BCUT2D eigenvalue weighted by Gasteiger charge is -2.09. The van der Waals surface area contributed by atoms with Gasteiger partial charge in [-0.3, -0.25) is 10.1 Å². The Kier molecular flexibility index (Phi) is 6.79. The fraction of sp³-hybridized carbons (Fsp3) is 0.0417. The lowest BCUT2D eigenvalue weighted by Crippen LogP contribution is -2.22. The first kappa shape index (κ1) is 22.9. The highest BCUT2D eigenvalue weighted by atomic mass is 79.9. The number of nitro groups is 1. The van der Waals surface area contributed by atoms with Crippen LogP contribution in [0.2, 0.25) is 0 Å². The largest absolute Gasteiger partial charge is 0.497 e. The summed E-state index contributed by atoms with van der Waals surface area (Å²) >= 11 is 3.39. The Morgan fingerprint density at radius 2 is 1.68 bits per heavy atom. The number of nitro benzene ring substituents is 1. The van der Waals surface area contributed by atoms with Crippen LogP contribution in [-0.4, -0.2) is 28.0 Å². The van der Waals surface area contributed by atoms with Crippen molar-refractivity contribution >= 4 is 39.2 Å². The van der Waals surface area contributed by atoms with E-state index in [0.717, 1.165) is 15.7 Å². The van der Waals surface area contributed by atoms with Gasteiger partial charge in [0.1, 0.15) is 5.75 Å². The molecule has 0 aliphatic rings. The number of methoxy groups -OCH3 is 1. The van der Waals surface area contributed by atoms with Gasteiger partial charge in [-0.2, -0.15) is 4.99 Å². The third kappa shape index (κ3) is 5.54. The Morgan fingerprint density at radius 3 is 2.32 bits per heavy atom. The fourth-order valence-electron chi connectivity index (χ4n) is 3.14. The third-order valence-corrected chi connectivity index (χ3v) is 5.32. The molecule has 170 valence electrons. The molecule has 4 rings (SSSR count). The van der Waals surface area contributed by atoms with E-state index in [2.05, 4.69) is 36.2 Å². The van der Waals surface area contributed by atoms with E-state index < -0.39 is 4.92 Å². The Labute approximate surface area is 203 Å². The molecular weight excluding hydrogens is 500 g/mol. The zero-order valence-electron chi connectivity index (χ0n) is 18.0. The van der Waals surface area contributed by atoms with Crippen molar-refractivity contribution in [3.8, 4) is 28.3 Å². The van der Waals surface area contributed by atoms with Crippen LogP contribution in [0.5, 0.6) is 5.75 Å². The Hall–Kier alpha value is -4.31. The van der Waals surface area contributed by atoms with Crippen molar-refractivity contribution in [2.24, 2.45) is 10.7 Å². The first-order valence-electron chi connectivity index (χ1n) is 10.1. The molecule has 10 heteroatoms. The molecule has 3 N–H and O–H groups in total. The number of rotatable bonds is 6. The predicted molar refractivity (Wildman–Crippen MR) is 135 cm³/mol. The van der Waals surface area contributed by atoms with Crippen molar-refractivity contribution in [1.29, 1.82) is 0 Å². The van der Waals surface area contributed by atoms with Gasteiger partial charge in [0, 0.05) is 33.4 Å². The van der Waals surface area contributed by atoms with Crippen LogP contribution in [0.1, 0.15) is 0 Å². The summed E-state index contributed by atoms with van der Waals surface area (Å²) < 4.78 is 6.16. The number of nitrogens with zero attached hydrogens (tertiary/aromatic N) is 4. The summed E-state index contributed by atoms with van der Waals surface area (Å²) in [4.78, 5) is 24.2. The van der Waals surface area contributed by atoms with Crippen LogP contribution in [0.15, 0.2) is 88.3 Å². The van der Waals surface area contributed by atoms with Crippen molar-refractivity contribution in [3.63, 3.8) is 0 Å². The molecule has 0 fully saturated rings. The number of aliphatic imine (C=N–C) groups is 1. The molecule has 0 atom stereocenters. The van der Waals surface area contributed by atoms with E-state index in [4.69, 9.17) is 10.5 Å². The first-order chi connectivity index (χ1) is 16.4. The third-order valence-electron chi connectivity index (χ3n) is 4.79. The number of guanidine groups is 1. The maximum absolute atomic E-state index is 11.3. The van der Waals surface area contributed by atoms with Gasteiger partial charge in [0.15, 0.2) is 0 Å². The number of hydrogen-bond donors (Lipinski definition) is 2. The van der Waals surface area contributed by atoms with Crippen LogP contribution in [-0.2, 0) is 0 Å². The van der Waals surface area contributed by atoms with Gasteiger partial charge >= 0.3 is 0 Å². The maximum Gasteiger partial charge on any atom is 0.270 e. The van der Waals surface area contributed by atoms with Crippen LogP contribution in [0.4, 0.5) is 17.3 Å². The molecule has 0 aliphatic heterocycles. The normalized spacial score (nSPS) is 11.2. The lowest BCUT2D eigenvalue weighted by molar-refractivity contribution is -0.384. The Bertz CT molecular complexity index is 1360. The molecule has 0 amide bonds. The number of anilines is 1. The minimum absolute atomic E-state index is 0.0384. The zero-order chi connectivity index (χ0) is 24.1. The second-order valence-corrected chi connectivity index (χ2v) is 8.02. The van der Waals surface area contributed by atoms with Crippen LogP contribution in [0.25, 0.3) is 22.5 Å². The van der Waals surface area contributed by atoms with Gasteiger partial charge in [-0.05, 0) is 54.6 Å². The van der Waals surface area contributed by atoms with Gasteiger partial charge in [-0.25, -0.2) is 9.97 Å². The second-order valence-electron chi connectivity index (χ2n) is 7.10. The Balaban J connectivity index is 1.76. The number of ether oxygens (including phenoxy) is 1. The van der Waals surface area contributed by atoms with Gasteiger partial charge in [-0.1, -0.05) is 28.1 Å². The highest BCUT2D eigenvalue weighted by Gasteiger charge is 2.12. The van der Waals surface area contributed by atoms with Crippen molar-refractivity contribution in [2.45, 2.75) is 0 Å². The number of aromatic nitrogens is 2. The monoisotopic (exact) mass is 518 g/mol. The van der Waals surface area contributed by atoms with Crippen molar-refractivity contribution < 1.29 is 9.66 Å². The number of nitrogens with two attached hydrogens (primary N) is 1. The Morgan fingerprint density at radius 1 is 1.00 bits per heavy atom. The standard InChI is InChI=1S/C24H19BrN6O3/c1-34-20-11-5-15(6-12-20)21-14-22(16-3-2-4-19(13-16)31(32)33)29-24(28-21)30-23(26)27-18-9-7-17(25)8-10-18/h2-14H,1H3,(H3,26,27,28,29,30). The van der Waals surface area contributed by atoms with Crippen molar-refractivity contribution in [2.75, 3.05) is 12.4 Å². The summed E-state index contributed by atoms with van der Waals surface area (Å²) in [5.74, 6) is 0.911. The topological polar surface area (TPSA) is 129 Å². The van der Waals surface area contributed by atoms with Gasteiger partial charge in [-0.15, -0.1) is 0 Å². The van der Waals surface area contributed by atoms with Crippen LogP contribution in [0.3, 0.4) is 0 Å². The fourth-order valence-corrected chi connectivity index (χ4v) is 3.40. The molecule has 1 aromatic heterocycles. The maximum atomic E-state index is 11.3. The number of nitrogens with one attached hydrogen (secondary N) is 1. The van der Waals surface area contributed by atoms with Crippen LogP contribution >= 0.6 is 15.9 Å². The molecule has 0 saturated carbocycles. The number of hydrogen-bond acceptors (Lipinski definition) is 6. The molecule has 34 heavy (non-hydrogen) atoms. The van der Waals surface area contributed by atoms with Gasteiger partial charge < -0.3 is 15.8 Å². The molecule has 0 spiro atoms. The highest BCUT2D eigenvalue weighted by Crippen LogP contribution is 2.29. The average Bonchev–Trinajstić information content (AvgIpc) is 2.85. The highest BCUT2D eigenvalue weighted by molar-refractivity contribution is 9.10. The van der Waals surface area contributed by atoms with Gasteiger partial charge in [0.05, 0.1) is 23.4 Å².